The van der Waals surface area contributed by atoms with Crippen LogP contribution in [0.3, 0.4) is 0 Å². The number of hydrogen-bond acceptors (Lipinski definition) is 3. The first-order chi connectivity index (χ1) is 16.3. The van der Waals surface area contributed by atoms with Crippen LogP contribution in [-0.4, -0.2) is 44.7 Å². The van der Waals surface area contributed by atoms with Gasteiger partial charge in [-0.3, -0.25) is 0 Å². The predicted octanol–water partition coefficient (Wildman–Crippen LogP) is 6.17. The van der Waals surface area contributed by atoms with E-state index in [0.717, 1.165) is 28.3 Å². The van der Waals surface area contributed by atoms with Crippen LogP contribution in [0.15, 0.2) is 71.2 Å². The summed E-state index contributed by atoms with van der Waals surface area (Å²) in [5, 5.41) is 3.81. The maximum atomic E-state index is 12.5. The van der Waals surface area contributed by atoms with Crippen molar-refractivity contribution >= 4 is 27.6 Å². The monoisotopic (exact) mass is 519 g/mol. The fraction of sp³-hybridized carbons (Fsp3) is 0.345. The Kier molecular flexibility index (Phi) is 6.26. The lowest BCUT2D eigenvalue weighted by molar-refractivity contribution is -0.870. The number of nitrogens with one attached hydrogen (secondary N) is 1. The number of halogens is 1. The zero-order valence-corrected chi connectivity index (χ0v) is 21.6. The minimum Gasteiger partial charge on any atom is -0.462 e. The third kappa shape index (κ3) is 4.64. The Bertz CT molecular complexity index is 1200. The molecule has 0 saturated carbocycles. The molecular weight excluding hydrogens is 488 g/mol. The summed E-state index contributed by atoms with van der Waals surface area (Å²) in [6.07, 6.45) is 1.90. The van der Waals surface area contributed by atoms with Gasteiger partial charge in [0.1, 0.15) is 0 Å². The molecule has 1 aliphatic carbocycles. The van der Waals surface area contributed by atoms with Crippen molar-refractivity contribution in [2.45, 2.75) is 24.8 Å². The van der Waals surface area contributed by atoms with Crippen molar-refractivity contribution < 1.29 is 14.0 Å². The number of benzene rings is 3. The number of nitrogens with zero attached hydrogens (tertiary/aromatic N) is 1. The number of esters is 1. The summed E-state index contributed by atoms with van der Waals surface area (Å²) < 4.78 is 7.49. The molecule has 5 rings (SSSR count). The third-order valence-electron chi connectivity index (χ3n) is 7.07. The van der Waals surface area contributed by atoms with E-state index in [9.17, 15) is 4.79 Å². The Morgan fingerprint density at radius 1 is 1.03 bits per heavy atom. The molecule has 0 spiro atoms. The van der Waals surface area contributed by atoms with Crippen molar-refractivity contribution in [2.24, 2.45) is 5.92 Å². The Balaban J connectivity index is 1.36. The highest BCUT2D eigenvalue weighted by molar-refractivity contribution is 9.10. The predicted molar refractivity (Wildman–Crippen MR) is 140 cm³/mol. The van der Waals surface area contributed by atoms with E-state index in [1.807, 2.05) is 12.1 Å². The summed E-state index contributed by atoms with van der Waals surface area (Å²) in [4.78, 5) is 12.5. The summed E-state index contributed by atoms with van der Waals surface area (Å²) in [5.74, 6) is 0.541. The van der Waals surface area contributed by atoms with E-state index in [-0.39, 0.29) is 12.0 Å². The number of quaternary nitrogens is 1. The van der Waals surface area contributed by atoms with E-state index < -0.39 is 0 Å². The zero-order chi connectivity index (χ0) is 23.9. The third-order valence-corrected chi connectivity index (χ3v) is 7.57. The van der Waals surface area contributed by atoms with Crippen LogP contribution in [-0.2, 0) is 11.2 Å². The summed E-state index contributed by atoms with van der Waals surface area (Å²) in [7, 11) is 6.43. The van der Waals surface area contributed by atoms with Gasteiger partial charge >= 0.3 is 5.97 Å². The molecule has 0 radical (unpaired) electrons. The van der Waals surface area contributed by atoms with E-state index in [1.165, 1.54) is 27.9 Å². The largest absolute Gasteiger partial charge is 0.462 e. The highest BCUT2D eigenvalue weighted by Crippen LogP contribution is 2.54. The lowest BCUT2D eigenvalue weighted by Gasteiger charge is -2.38. The van der Waals surface area contributed by atoms with Gasteiger partial charge in [-0.1, -0.05) is 52.3 Å². The SMILES string of the molecule is C[N+](C)(C)CCCOC(=O)c1ccc(C2Nc3ccc(Br)cc3C3c4ccccc4CC23)cc1. The van der Waals surface area contributed by atoms with Crippen molar-refractivity contribution in [3.63, 3.8) is 0 Å². The summed E-state index contributed by atoms with van der Waals surface area (Å²) in [5.41, 5.74) is 7.23. The Morgan fingerprint density at radius 2 is 1.79 bits per heavy atom. The number of ether oxygens (including phenoxy) is 1. The van der Waals surface area contributed by atoms with Gasteiger partial charge in [0.2, 0.25) is 0 Å². The van der Waals surface area contributed by atoms with Gasteiger partial charge in [0.05, 0.1) is 45.9 Å². The van der Waals surface area contributed by atoms with Crippen LogP contribution >= 0.6 is 15.9 Å². The molecule has 4 nitrogen and oxygen atoms in total. The van der Waals surface area contributed by atoms with E-state index in [2.05, 4.69) is 97.0 Å². The molecule has 34 heavy (non-hydrogen) atoms. The molecule has 1 N–H and O–H groups in total. The number of hydrogen-bond donors (Lipinski definition) is 1. The molecule has 0 saturated heterocycles. The van der Waals surface area contributed by atoms with Crippen molar-refractivity contribution in [3.05, 3.63) is 99.0 Å². The molecule has 0 aromatic heterocycles. The van der Waals surface area contributed by atoms with Gasteiger partial charge in [0, 0.05) is 22.5 Å². The van der Waals surface area contributed by atoms with Gasteiger partial charge in [-0.25, -0.2) is 4.79 Å². The average Bonchev–Trinajstić information content (AvgIpc) is 3.21. The lowest BCUT2D eigenvalue weighted by atomic mass is 9.75. The normalized spacial score (nSPS) is 20.6. The summed E-state index contributed by atoms with van der Waals surface area (Å²) >= 11 is 3.67. The number of carbonyl (C=O) groups is 1. The molecule has 3 aromatic carbocycles. The molecule has 3 unspecified atom stereocenters. The molecular formula is C29H32BrN2O2+. The van der Waals surface area contributed by atoms with Crippen LogP contribution in [0.2, 0.25) is 0 Å². The van der Waals surface area contributed by atoms with Crippen molar-refractivity contribution in [3.8, 4) is 0 Å². The zero-order valence-electron chi connectivity index (χ0n) is 20.1. The van der Waals surface area contributed by atoms with Gasteiger partial charge in [0.25, 0.3) is 0 Å². The molecule has 0 fully saturated rings. The molecule has 3 aromatic rings. The molecule has 1 heterocycles. The minimum absolute atomic E-state index is 0.181. The van der Waals surface area contributed by atoms with Crippen molar-refractivity contribution in [1.29, 1.82) is 0 Å². The topological polar surface area (TPSA) is 38.3 Å². The standard InChI is InChI=1S/C29H32BrN2O2/c1-32(2,3)15-6-16-34-29(33)20-11-9-19(10-12-20)28-25-17-21-7-4-5-8-23(21)27(25)24-18-22(30)13-14-26(24)31-28/h4-5,7-14,18,25,27-28,31H,6,15-17H2,1-3H3/q+1. The van der Waals surface area contributed by atoms with E-state index >= 15 is 0 Å². The molecule has 2 aliphatic rings. The van der Waals surface area contributed by atoms with E-state index in [4.69, 9.17) is 4.74 Å². The molecule has 1 aliphatic heterocycles. The number of fused-ring (bicyclic) bond motifs is 5. The fourth-order valence-electron chi connectivity index (χ4n) is 5.48. The molecule has 176 valence electrons. The van der Waals surface area contributed by atoms with Crippen LogP contribution in [0.4, 0.5) is 5.69 Å². The number of rotatable bonds is 6. The Morgan fingerprint density at radius 3 is 2.56 bits per heavy atom. The lowest BCUT2D eigenvalue weighted by Crippen LogP contribution is -2.35. The number of anilines is 1. The average molecular weight is 520 g/mol. The number of carbonyl (C=O) groups excluding carboxylic acids is 1. The van der Waals surface area contributed by atoms with Crippen molar-refractivity contribution in [1.82, 2.24) is 0 Å². The second-order valence-corrected chi connectivity index (χ2v) is 11.4. The highest BCUT2D eigenvalue weighted by Gasteiger charge is 2.43. The fourth-order valence-corrected chi connectivity index (χ4v) is 5.85. The van der Waals surface area contributed by atoms with Gasteiger partial charge in [-0.15, -0.1) is 0 Å². The second-order valence-electron chi connectivity index (χ2n) is 10.5. The van der Waals surface area contributed by atoms with Crippen molar-refractivity contribution in [2.75, 3.05) is 39.6 Å². The van der Waals surface area contributed by atoms with Crippen LogP contribution in [0.5, 0.6) is 0 Å². The molecule has 3 atom stereocenters. The first-order valence-corrected chi connectivity index (χ1v) is 12.8. The maximum absolute atomic E-state index is 12.5. The summed E-state index contributed by atoms with van der Waals surface area (Å²) in [6, 6.07) is 23.5. The smallest absolute Gasteiger partial charge is 0.338 e. The van der Waals surface area contributed by atoms with Crippen LogP contribution in [0.1, 0.15) is 51.0 Å². The van der Waals surface area contributed by atoms with Crippen LogP contribution < -0.4 is 5.32 Å². The Labute approximate surface area is 210 Å². The first kappa shape index (κ1) is 23.1. The van der Waals surface area contributed by atoms with Crippen LogP contribution in [0, 0.1) is 5.92 Å². The van der Waals surface area contributed by atoms with Crippen LogP contribution in [0.25, 0.3) is 0 Å². The first-order valence-electron chi connectivity index (χ1n) is 12.0. The molecule has 5 heteroatoms. The van der Waals surface area contributed by atoms with Gasteiger partial charge in [0.15, 0.2) is 0 Å². The van der Waals surface area contributed by atoms with E-state index in [0.29, 0.717) is 24.0 Å². The highest BCUT2D eigenvalue weighted by atomic mass is 79.9. The van der Waals surface area contributed by atoms with E-state index in [1.54, 1.807) is 0 Å². The Hall–Kier alpha value is -2.63. The molecule has 0 amide bonds. The van der Waals surface area contributed by atoms with Gasteiger partial charge in [-0.05, 0) is 64.9 Å². The maximum Gasteiger partial charge on any atom is 0.338 e. The molecule has 0 bridgehead atoms. The minimum atomic E-state index is -0.245. The van der Waals surface area contributed by atoms with Gasteiger partial charge in [-0.2, -0.15) is 0 Å². The quantitative estimate of drug-likeness (QED) is 0.240. The second kappa shape index (κ2) is 9.20. The summed E-state index contributed by atoms with van der Waals surface area (Å²) in [6.45, 7) is 1.43. The van der Waals surface area contributed by atoms with Gasteiger partial charge < -0.3 is 14.5 Å².